The van der Waals surface area contributed by atoms with E-state index in [1.165, 1.54) is 31.2 Å². The van der Waals surface area contributed by atoms with Crippen LogP contribution < -0.4 is 9.41 Å². The first-order valence-electron chi connectivity index (χ1n) is 8.75. The standard InChI is InChI=1S/C11H12P.C10H15.2FH.Zr/c1-12(2)11-7-9-5-3-4-6-10(9)8-11;1-3-4-7-10-8-5-6-9(10)2;;;/h3-8H,1-2H3;6H,3-5,7H2,1-2H3;2*1H;/q;;;;+2/p-2. The van der Waals surface area contributed by atoms with Crippen molar-refractivity contribution in [2.24, 2.45) is 0 Å². The molecular weight excluding hydrogens is 412 g/mol. The molecule has 0 fully saturated rings. The zero-order valence-electron chi connectivity index (χ0n) is 15.6. The third-order valence-electron chi connectivity index (χ3n) is 4.97. The molecule has 0 heterocycles. The maximum Gasteiger partial charge on any atom is -1.00 e. The van der Waals surface area contributed by atoms with E-state index in [1.807, 2.05) is 3.28 Å². The van der Waals surface area contributed by atoms with E-state index in [0.29, 0.717) is 0 Å². The summed E-state index contributed by atoms with van der Waals surface area (Å²) in [5, 5.41) is 1.76. The number of fused-ring (bicyclic) bond motifs is 1. The maximum atomic E-state index is 2.52. The summed E-state index contributed by atoms with van der Waals surface area (Å²) < 4.78 is 2.67. The van der Waals surface area contributed by atoms with E-state index in [4.69, 9.17) is 0 Å². The Hall–Kier alpha value is -0.387. The van der Waals surface area contributed by atoms with Gasteiger partial charge in [0.05, 0.1) is 0 Å². The first kappa shape index (κ1) is 22.7. The fourth-order valence-corrected chi connectivity index (χ4v) is 11.2. The van der Waals surface area contributed by atoms with Crippen LogP contribution in [0.15, 0.2) is 50.1 Å². The summed E-state index contributed by atoms with van der Waals surface area (Å²) in [6, 6.07) is 9.14. The van der Waals surface area contributed by atoms with Crippen molar-refractivity contribution in [3.05, 3.63) is 61.2 Å². The van der Waals surface area contributed by atoms with E-state index in [9.17, 15) is 0 Å². The Morgan fingerprint density at radius 2 is 1.88 bits per heavy atom. The van der Waals surface area contributed by atoms with Gasteiger partial charge in [-0.1, -0.05) is 0 Å². The predicted molar refractivity (Wildman–Crippen MR) is 101 cm³/mol. The molecule has 0 bridgehead atoms. The fourth-order valence-electron chi connectivity index (χ4n) is 3.61. The summed E-state index contributed by atoms with van der Waals surface area (Å²) in [7, 11) is 0.0202. The van der Waals surface area contributed by atoms with E-state index in [-0.39, 0.29) is 17.3 Å². The van der Waals surface area contributed by atoms with Crippen molar-refractivity contribution in [1.82, 2.24) is 0 Å². The molecule has 1 aromatic rings. The smallest absolute Gasteiger partial charge is 1.00 e. The predicted octanol–water partition coefficient (Wildman–Crippen LogP) is 0.709. The zero-order valence-corrected chi connectivity index (χ0v) is 18.9. The SMILES string of the molecule is CCCCC1=[C]([Zr+2][CH]2C(P(C)C)=Cc3ccccc32)CC=C1C.[F-].[F-]. The molecule has 2 aliphatic rings. The molecule has 0 N–H and O–H groups in total. The second kappa shape index (κ2) is 10.1. The van der Waals surface area contributed by atoms with E-state index < -0.39 is 23.2 Å². The Morgan fingerprint density at radius 1 is 1.16 bits per heavy atom. The van der Waals surface area contributed by atoms with Crippen LogP contribution >= 0.6 is 7.92 Å². The van der Waals surface area contributed by atoms with Crippen LogP contribution in [0.1, 0.15) is 54.3 Å². The molecule has 4 heteroatoms. The van der Waals surface area contributed by atoms with Crippen LogP contribution in [-0.4, -0.2) is 13.3 Å². The van der Waals surface area contributed by atoms with Crippen LogP contribution in [0.3, 0.4) is 0 Å². The van der Waals surface area contributed by atoms with Gasteiger partial charge in [0.15, 0.2) is 0 Å². The van der Waals surface area contributed by atoms with Crippen LogP contribution in [0.5, 0.6) is 0 Å². The molecule has 0 aliphatic heterocycles. The number of unbranched alkanes of at least 4 members (excludes halogenated alkanes) is 1. The van der Waals surface area contributed by atoms with E-state index >= 15 is 0 Å². The van der Waals surface area contributed by atoms with E-state index in [2.05, 4.69) is 63.6 Å². The van der Waals surface area contributed by atoms with Crippen molar-refractivity contribution in [2.75, 3.05) is 13.3 Å². The molecule has 134 valence electrons. The summed E-state index contributed by atoms with van der Waals surface area (Å²) in [6.45, 7) is 9.51. The van der Waals surface area contributed by atoms with Gasteiger partial charge >= 0.3 is 155 Å². The first-order valence-corrected chi connectivity index (χ1v) is 13.6. The average Bonchev–Trinajstić information content (AvgIpc) is 3.08. The van der Waals surface area contributed by atoms with E-state index in [1.54, 1.807) is 22.0 Å². The fraction of sp³-hybridized carbons (Fsp3) is 0.429. The minimum atomic E-state index is -0.602. The number of rotatable bonds is 6. The molecule has 0 amide bonds. The number of benzene rings is 1. The monoisotopic (exact) mass is 438 g/mol. The molecule has 1 atom stereocenters. The Labute approximate surface area is 163 Å². The van der Waals surface area contributed by atoms with Gasteiger partial charge in [-0.2, -0.15) is 0 Å². The zero-order chi connectivity index (χ0) is 16.4. The minimum Gasteiger partial charge on any atom is -1.00 e. The number of hydrogen-bond donors (Lipinski definition) is 0. The third-order valence-corrected chi connectivity index (χ3v) is 11.3. The number of allylic oxidation sites excluding steroid dienone is 5. The summed E-state index contributed by atoms with van der Waals surface area (Å²) in [5.41, 5.74) is 6.47. The molecular formula is C21H27F2PZr. The van der Waals surface area contributed by atoms with Crippen molar-refractivity contribution >= 4 is 14.0 Å². The van der Waals surface area contributed by atoms with Gasteiger partial charge in [-0.3, -0.25) is 0 Å². The van der Waals surface area contributed by atoms with Crippen molar-refractivity contribution in [2.45, 2.75) is 43.2 Å². The quantitative estimate of drug-likeness (QED) is 0.573. The van der Waals surface area contributed by atoms with Gasteiger partial charge in [-0.15, -0.1) is 0 Å². The van der Waals surface area contributed by atoms with Crippen molar-refractivity contribution in [3.63, 3.8) is 0 Å². The molecule has 1 unspecified atom stereocenters. The maximum absolute atomic E-state index is 2.52. The van der Waals surface area contributed by atoms with Gasteiger partial charge in [0.2, 0.25) is 0 Å². The number of hydrogen-bond acceptors (Lipinski definition) is 0. The molecule has 1 aromatic carbocycles. The van der Waals surface area contributed by atoms with Gasteiger partial charge in [-0.25, -0.2) is 0 Å². The molecule has 0 saturated carbocycles. The van der Waals surface area contributed by atoms with Crippen LogP contribution in [0, 0.1) is 0 Å². The topological polar surface area (TPSA) is 0 Å². The second-order valence-electron chi connectivity index (χ2n) is 6.82. The first-order chi connectivity index (χ1) is 11.1. The molecule has 0 spiro atoms. The summed E-state index contributed by atoms with van der Waals surface area (Å²) in [5.74, 6) is 0. The van der Waals surface area contributed by atoms with E-state index in [0.717, 1.165) is 3.63 Å². The number of halogens is 2. The van der Waals surface area contributed by atoms with Crippen molar-refractivity contribution in [1.29, 1.82) is 0 Å². The Balaban J connectivity index is 0.00000156. The van der Waals surface area contributed by atoms with Crippen LogP contribution in [-0.2, 0) is 23.2 Å². The molecule has 0 radical (unpaired) electrons. The second-order valence-corrected chi connectivity index (χ2v) is 12.7. The largest absolute Gasteiger partial charge is 1.00 e. The Bertz CT molecular complexity index is 689. The summed E-state index contributed by atoms with van der Waals surface area (Å²) in [4.78, 5) is 0. The van der Waals surface area contributed by atoms with Crippen LogP contribution in [0.25, 0.3) is 6.08 Å². The van der Waals surface area contributed by atoms with Gasteiger partial charge < -0.3 is 9.41 Å². The Kier molecular flexibility index (Phi) is 9.13. The van der Waals surface area contributed by atoms with Crippen LogP contribution in [0.4, 0.5) is 0 Å². The molecule has 0 nitrogen and oxygen atoms in total. The van der Waals surface area contributed by atoms with Crippen molar-refractivity contribution < 1.29 is 32.6 Å². The van der Waals surface area contributed by atoms with Crippen molar-refractivity contribution in [3.8, 4) is 0 Å². The van der Waals surface area contributed by atoms with Gasteiger partial charge in [0.1, 0.15) is 0 Å². The third kappa shape index (κ3) is 4.87. The Morgan fingerprint density at radius 3 is 2.56 bits per heavy atom. The molecule has 2 aliphatic carbocycles. The molecule has 0 saturated heterocycles. The summed E-state index contributed by atoms with van der Waals surface area (Å²) in [6.07, 6.45) is 10.2. The average molecular weight is 440 g/mol. The molecule has 3 rings (SSSR count). The molecule has 0 aromatic heterocycles. The van der Waals surface area contributed by atoms with Gasteiger partial charge in [0.25, 0.3) is 0 Å². The van der Waals surface area contributed by atoms with Crippen LogP contribution in [0.2, 0.25) is 0 Å². The van der Waals surface area contributed by atoms with Gasteiger partial charge in [-0.05, 0) is 0 Å². The summed E-state index contributed by atoms with van der Waals surface area (Å²) >= 11 is -0.602. The minimum absolute atomic E-state index is 0. The molecule has 25 heavy (non-hydrogen) atoms. The normalized spacial score (nSPS) is 18.2. The van der Waals surface area contributed by atoms with Gasteiger partial charge in [0, 0.05) is 0 Å².